The minimum Gasteiger partial charge on any atom is -0.397 e. The highest BCUT2D eigenvalue weighted by Gasteiger charge is 2.10. The Kier molecular flexibility index (Phi) is 3.34. The van der Waals surface area contributed by atoms with Gasteiger partial charge in [-0.3, -0.25) is 4.79 Å². The molecule has 0 unspecified atom stereocenters. The molecular formula is C11H12N4OS. The normalized spacial score (nSPS) is 10.2. The minimum atomic E-state index is -0.269. The summed E-state index contributed by atoms with van der Waals surface area (Å²) in [7, 11) is 0. The predicted molar refractivity (Wildman–Crippen MR) is 66.7 cm³/mol. The molecule has 2 heterocycles. The molecule has 3 N–H and O–H groups in total. The van der Waals surface area contributed by atoms with Gasteiger partial charge in [0.25, 0.3) is 5.91 Å². The van der Waals surface area contributed by atoms with Gasteiger partial charge in [0.05, 0.1) is 17.2 Å². The molecule has 0 atom stereocenters. The van der Waals surface area contributed by atoms with Crippen LogP contribution < -0.4 is 11.1 Å². The van der Waals surface area contributed by atoms with Crippen LogP contribution in [0.25, 0.3) is 0 Å². The summed E-state index contributed by atoms with van der Waals surface area (Å²) in [4.78, 5) is 20.8. The Hall–Kier alpha value is -1.95. The highest BCUT2D eigenvalue weighted by molar-refractivity contribution is 7.11. The monoisotopic (exact) mass is 248 g/mol. The molecule has 2 aromatic heterocycles. The molecule has 0 aromatic carbocycles. The van der Waals surface area contributed by atoms with E-state index in [1.807, 2.05) is 6.92 Å². The van der Waals surface area contributed by atoms with Crippen molar-refractivity contribution in [2.75, 3.05) is 5.73 Å². The number of pyridine rings is 1. The fourth-order valence-electron chi connectivity index (χ4n) is 1.35. The highest BCUT2D eigenvalue weighted by Crippen LogP contribution is 2.12. The van der Waals surface area contributed by atoms with Crippen LogP contribution in [0.4, 0.5) is 5.69 Å². The van der Waals surface area contributed by atoms with Crippen LogP contribution in [0.3, 0.4) is 0 Å². The lowest BCUT2D eigenvalue weighted by molar-refractivity contribution is 0.0947. The van der Waals surface area contributed by atoms with Gasteiger partial charge in [-0.05, 0) is 19.1 Å². The Morgan fingerprint density at radius 1 is 1.53 bits per heavy atom. The zero-order valence-electron chi connectivity index (χ0n) is 9.30. The molecule has 0 radical (unpaired) electrons. The number of carbonyl (C=O) groups excluding carboxylic acids is 1. The van der Waals surface area contributed by atoms with Crippen LogP contribution in [0.2, 0.25) is 0 Å². The molecule has 6 heteroatoms. The maximum atomic E-state index is 11.8. The van der Waals surface area contributed by atoms with Crippen molar-refractivity contribution in [2.45, 2.75) is 13.5 Å². The molecule has 5 nitrogen and oxygen atoms in total. The van der Waals surface area contributed by atoms with Gasteiger partial charge in [-0.15, -0.1) is 11.3 Å². The average Bonchev–Trinajstić information content (AvgIpc) is 2.73. The van der Waals surface area contributed by atoms with Crippen molar-refractivity contribution in [3.63, 3.8) is 0 Å². The first-order chi connectivity index (χ1) is 8.16. The maximum Gasteiger partial charge on any atom is 0.272 e. The van der Waals surface area contributed by atoms with E-state index in [0.717, 1.165) is 9.88 Å². The maximum absolute atomic E-state index is 11.8. The second-order valence-electron chi connectivity index (χ2n) is 3.47. The standard InChI is InChI=1S/C11H12N4OS/c1-7-14-5-8(17-7)6-15-11(16)10-9(12)3-2-4-13-10/h2-5H,6,12H2,1H3,(H,15,16). The van der Waals surface area contributed by atoms with Crippen LogP contribution >= 0.6 is 11.3 Å². The fraction of sp³-hybridized carbons (Fsp3) is 0.182. The largest absolute Gasteiger partial charge is 0.397 e. The molecule has 2 aromatic rings. The van der Waals surface area contributed by atoms with Gasteiger partial charge in [-0.1, -0.05) is 0 Å². The van der Waals surface area contributed by atoms with Crippen LogP contribution in [0, 0.1) is 6.92 Å². The van der Waals surface area contributed by atoms with E-state index in [2.05, 4.69) is 15.3 Å². The van der Waals surface area contributed by atoms with Crippen molar-refractivity contribution in [1.29, 1.82) is 0 Å². The van der Waals surface area contributed by atoms with Crippen molar-refractivity contribution in [3.05, 3.63) is 40.1 Å². The Morgan fingerprint density at radius 2 is 2.35 bits per heavy atom. The van der Waals surface area contributed by atoms with E-state index in [0.29, 0.717) is 12.2 Å². The first-order valence-electron chi connectivity index (χ1n) is 5.07. The number of nitrogens with zero attached hydrogens (tertiary/aromatic N) is 2. The first kappa shape index (κ1) is 11.5. The molecule has 0 saturated heterocycles. The Labute approximate surface area is 103 Å². The lowest BCUT2D eigenvalue weighted by atomic mass is 10.3. The second-order valence-corrected chi connectivity index (χ2v) is 4.79. The van der Waals surface area contributed by atoms with Gasteiger partial charge in [0.2, 0.25) is 0 Å². The zero-order chi connectivity index (χ0) is 12.3. The number of aromatic nitrogens is 2. The number of anilines is 1. The number of aryl methyl sites for hydroxylation is 1. The summed E-state index contributed by atoms with van der Waals surface area (Å²) >= 11 is 1.55. The van der Waals surface area contributed by atoms with E-state index in [9.17, 15) is 4.79 Å². The van der Waals surface area contributed by atoms with E-state index in [-0.39, 0.29) is 11.6 Å². The lowest BCUT2D eigenvalue weighted by Crippen LogP contribution is -2.24. The van der Waals surface area contributed by atoms with E-state index < -0.39 is 0 Å². The van der Waals surface area contributed by atoms with E-state index >= 15 is 0 Å². The summed E-state index contributed by atoms with van der Waals surface area (Å²) in [6, 6.07) is 3.34. The van der Waals surface area contributed by atoms with E-state index in [1.165, 1.54) is 0 Å². The Balaban J connectivity index is 2.01. The SMILES string of the molecule is Cc1ncc(CNC(=O)c2ncccc2N)s1. The quantitative estimate of drug-likeness (QED) is 0.859. The summed E-state index contributed by atoms with van der Waals surface area (Å²) in [5, 5.41) is 3.74. The zero-order valence-corrected chi connectivity index (χ0v) is 10.1. The van der Waals surface area contributed by atoms with Crippen LogP contribution in [0.1, 0.15) is 20.4 Å². The topological polar surface area (TPSA) is 80.9 Å². The predicted octanol–water partition coefficient (Wildman–Crippen LogP) is 1.36. The molecule has 0 bridgehead atoms. The number of nitrogens with two attached hydrogens (primary N) is 1. The molecular weight excluding hydrogens is 236 g/mol. The van der Waals surface area contributed by atoms with E-state index in [4.69, 9.17) is 5.73 Å². The van der Waals surface area contributed by atoms with Crippen LogP contribution in [0.5, 0.6) is 0 Å². The van der Waals surface area contributed by atoms with E-state index in [1.54, 1.807) is 35.9 Å². The van der Waals surface area contributed by atoms with Gasteiger partial charge in [0.15, 0.2) is 5.69 Å². The summed E-state index contributed by atoms with van der Waals surface area (Å²) in [6.07, 6.45) is 3.30. The number of amides is 1. The molecule has 88 valence electrons. The number of hydrogen-bond acceptors (Lipinski definition) is 5. The number of thiazole rings is 1. The third kappa shape index (κ3) is 2.79. The molecule has 0 aliphatic rings. The van der Waals surface area contributed by atoms with Gasteiger partial charge in [-0.2, -0.15) is 0 Å². The summed E-state index contributed by atoms with van der Waals surface area (Å²) in [5.41, 5.74) is 6.30. The molecule has 0 aliphatic heterocycles. The second kappa shape index (κ2) is 4.92. The molecule has 1 amide bonds. The fourth-order valence-corrected chi connectivity index (χ4v) is 2.08. The summed E-state index contributed by atoms with van der Waals surface area (Å²) < 4.78 is 0. The van der Waals surface area contributed by atoms with Crippen LogP contribution in [-0.2, 0) is 6.54 Å². The molecule has 0 saturated carbocycles. The Morgan fingerprint density at radius 3 is 3.00 bits per heavy atom. The van der Waals surface area contributed by atoms with Crippen molar-refractivity contribution >= 4 is 22.9 Å². The van der Waals surface area contributed by atoms with Gasteiger partial charge in [0, 0.05) is 17.3 Å². The molecule has 17 heavy (non-hydrogen) atoms. The third-order valence-electron chi connectivity index (χ3n) is 2.15. The van der Waals surface area contributed by atoms with Gasteiger partial charge >= 0.3 is 0 Å². The highest BCUT2D eigenvalue weighted by atomic mass is 32.1. The van der Waals surface area contributed by atoms with Gasteiger partial charge in [-0.25, -0.2) is 9.97 Å². The first-order valence-corrected chi connectivity index (χ1v) is 5.88. The lowest BCUT2D eigenvalue weighted by Gasteiger charge is -2.04. The number of rotatable bonds is 3. The Bertz CT molecular complexity index is 538. The van der Waals surface area contributed by atoms with Crippen LogP contribution in [0.15, 0.2) is 24.5 Å². The smallest absolute Gasteiger partial charge is 0.272 e. The minimum absolute atomic E-state index is 0.258. The third-order valence-corrected chi connectivity index (χ3v) is 3.06. The summed E-state index contributed by atoms with van der Waals surface area (Å²) in [6.45, 7) is 2.37. The molecule has 0 aliphatic carbocycles. The van der Waals surface area contributed by atoms with Gasteiger partial charge in [0.1, 0.15) is 0 Å². The number of carbonyl (C=O) groups is 1. The van der Waals surface area contributed by atoms with Crippen LogP contribution in [-0.4, -0.2) is 15.9 Å². The van der Waals surface area contributed by atoms with Crippen molar-refractivity contribution in [3.8, 4) is 0 Å². The van der Waals surface area contributed by atoms with Crippen molar-refractivity contribution in [2.24, 2.45) is 0 Å². The summed E-state index contributed by atoms with van der Waals surface area (Å²) in [5.74, 6) is -0.269. The number of nitrogen functional groups attached to an aromatic ring is 1. The molecule has 0 fully saturated rings. The number of hydrogen-bond donors (Lipinski definition) is 2. The van der Waals surface area contributed by atoms with Crippen molar-refractivity contribution < 1.29 is 4.79 Å². The number of nitrogens with one attached hydrogen (secondary N) is 1. The average molecular weight is 248 g/mol. The van der Waals surface area contributed by atoms with Gasteiger partial charge < -0.3 is 11.1 Å². The molecule has 0 spiro atoms. The molecule has 2 rings (SSSR count). The van der Waals surface area contributed by atoms with Crippen molar-refractivity contribution in [1.82, 2.24) is 15.3 Å².